The smallest absolute Gasteiger partial charge is 0.306 e. The molecule has 3 fully saturated rings. The molecule has 10 heteroatoms. The van der Waals surface area contributed by atoms with Crippen molar-refractivity contribution in [2.24, 2.45) is 33.7 Å². The number of rotatable bonds is 11. The molecule has 47 heavy (non-hydrogen) atoms. The average Bonchev–Trinajstić information content (AvgIpc) is 3.58. The van der Waals surface area contributed by atoms with Crippen LogP contribution in [0.25, 0.3) is 6.08 Å². The molecule has 4 aliphatic rings. The van der Waals surface area contributed by atoms with Crippen LogP contribution in [0.4, 0.5) is 4.39 Å². The van der Waals surface area contributed by atoms with E-state index >= 15 is 4.39 Å². The van der Waals surface area contributed by atoms with Crippen LogP contribution >= 0.6 is 11.3 Å². The number of allylic oxidation sites excluding steroid dienone is 5. The van der Waals surface area contributed by atoms with Crippen LogP contribution in [0.15, 0.2) is 47.2 Å². The first kappa shape index (κ1) is 35.2. The number of hydrogen-bond donors (Lipinski definition) is 1. The molecule has 0 saturated heterocycles. The number of aliphatic hydroxyl groups excluding tert-OH is 1. The van der Waals surface area contributed by atoms with Crippen LogP contribution in [-0.4, -0.2) is 59.1 Å². The molecular weight excluding hydrogens is 621 g/mol. The lowest BCUT2D eigenvalue weighted by Gasteiger charge is -2.62. The molecule has 8 atom stereocenters. The number of thiophene rings is 1. The molecule has 0 aromatic carbocycles. The van der Waals surface area contributed by atoms with Gasteiger partial charge < -0.3 is 19.4 Å². The SMILES string of the molecule is C/C=C/c1ccc(CCO/N=C2\C=C[C@@]3(C)C(=C2)CC[C@H]2[C@@H]4C[C@H](C)[C@](OC(=O)CC)(C(=O)COC(=O)CC)[C@@]4(C)C[C@H](O)[C@@]23F)s1. The molecule has 0 unspecified atom stereocenters. The van der Waals surface area contributed by atoms with Gasteiger partial charge in [0.1, 0.15) is 12.3 Å². The van der Waals surface area contributed by atoms with Gasteiger partial charge in [-0.3, -0.25) is 14.4 Å². The van der Waals surface area contributed by atoms with Crippen molar-refractivity contribution in [1.82, 2.24) is 0 Å². The van der Waals surface area contributed by atoms with Crippen molar-refractivity contribution >= 4 is 40.8 Å². The van der Waals surface area contributed by atoms with E-state index in [2.05, 4.69) is 23.4 Å². The Kier molecular flexibility index (Phi) is 10.1. The maximum absolute atomic E-state index is 17.9. The summed E-state index contributed by atoms with van der Waals surface area (Å²) in [4.78, 5) is 46.9. The van der Waals surface area contributed by atoms with Crippen LogP contribution in [0, 0.1) is 28.6 Å². The van der Waals surface area contributed by atoms with E-state index in [4.69, 9.17) is 14.3 Å². The highest BCUT2D eigenvalue weighted by atomic mass is 32.1. The largest absolute Gasteiger partial charge is 0.457 e. The van der Waals surface area contributed by atoms with E-state index in [0.29, 0.717) is 31.6 Å². The second-order valence-electron chi connectivity index (χ2n) is 13.9. The highest BCUT2D eigenvalue weighted by Gasteiger charge is 2.77. The number of aliphatic hydroxyl groups is 1. The van der Waals surface area contributed by atoms with E-state index in [9.17, 15) is 19.5 Å². The number of esters is 2. The molecule has 3 saturated carbocycles. The molecular formula is C37H48FNO7S. The van der Waals surface area contributed by atoms with Gasteiger partial charge in [-0.25, -0.2) is 4.39 Å². The number of halogens is 1. The number of carbonyl (C=O) groups excluding carboxylic acids is 3. The van der Waals surface area contributed by atoms with Crippen LogP contribution in [-0.2, 0) is 35.1 Å². The number of carbonyl (C=O) groups is 3. The van der Waals surface area contributed by atoms with Crippen LogP contribution in [0.5, 0.6) is 0 Å². The van der Waals surface area contributed by atoms with Crippen molar-refractivity contribution in [3.8, 4) is 0 Å². The van der Waals surface area contributed by atoms with Crippen molar-refractivity contribution < 1.29 is 38.2 Å². The van der Waals surface area contributed by atoms with Crippen LogP contribution < -0.4 is 0 Å². The highest BCUT2D eigenvalue weighted by molar-refractivity contribution is 7.12. The molecule has 0 spiro atoms. The fourth-order valence-corrected chi connectivity index (χ4v) is 10.1. The molecule has 0 amide bonds. The van der Waals surface area contributed by atoms with Gasteiger partial charge in [0.2, 0.25) is 5.78 Å². The number of oxime groups is 1. The lowest BCUT2D eigenvalue weighted by atomic mass is 9.44. The summed E-state index contributed by atoms with van der Waals surface area (Å²) in [5.74, 6) is -3.05. The summed E-state index contributed by atoms with van der Waals surface area (Å²) in [6, 6.07) is 4.17. The normalized spacial score (nSPS) is 36.8. The lowest BCUT2D eigenvalue weighted by Crippen LogP contribution is -2.70. The average molecular weight is 670 g/mol. The number of Topliss-reactive ketones (excluding diaryl/α,β-unsaturated/α-hetero) is 1. The first-order valence-electron chi connectivity index (χ1n) is 16.9. The van der Waals surface area contributed by atoms with Crippen LogP contribution in [0.3, 0.4) is 0 Å². The zero-order valence-corrected chi connectivity index (χ0v) is 29.2. The van der Waals surface area contributed by atoms with Crippen LogP contribution in [0.2, 0.25) is 0 Å². The van der Waals surface area contributed by atoms with E-state index in [1.807, 2.05) is 45.9 Å². The molecule has 0 radical (unpaired) electrons. The minimum absolute atomic E-state index is 0.0480. The monoisotopic (exact) mass is 669 g/mol. The molecule has 256 valence electrons. The Balaban J connectivity index is 1.39. The van der Waals surface area contributed by atoms with Crippen molar-refractivity contribution in [3.63, 3.8) is 0 Å². The van der Waals surface area contributed by atoms with Crippen molar-refractivity contribution in [3.05, 3.63) is 51.8 Å². The second-order valence-corrected chi connectivity index (χ2v) is 15.1. The summed E-state index contributed by atoms with van der Waals surface area (Å²) in [6.45, 7) is 10.7. The molecule has 1 aromatic rings. The number of ether oxygens (including phenoxy) is 2. The first-order valence-corrected chi connectivity index (χ1v) is 17.7. The maximum Gasteiger partial charge on any atom is 0.306 e. The Hall–Kier alpha value is -3.11. The summed E-state index contributed by atoms with van der Waals surface area (Å²) in [5.41, 5.74) is -4.42. The Morgan fingerprint density at radius 1 is 1.15 bits per heavy atom. The summed E-state index contributed by atoms with van der Waals surface area (Å²) in [5, 5.41) is 16.2. The van der Waals surface area contributed by atoms with Gasteiger partial charge in [-0.2, -0.15) is 0 Å². The molecule has 1 heterocycles. The summed E-state index contributed by atoms with van der Waals surface area (Å²) >= 11 is 1.71. The van der Waals surface area contributed by atoms with E-state index in [1.165, 1.54) is 9.75 Å². The van der Waals surface area contributed by atoms with Gasteiger partial charge in [0.25, 0.3) is 0 Å². The number of alkyl halides is 1. The topological polar surface area (TPSA) is 111 Å². The standard InChI is InChI=1S/C37H48FNO7S/c1-7-10-26-12-13-27(47-26)16-18-45-39-25-15-17-34(5)24(20-25)11-14-28-29-19-23(4)37(46-33(43)9-3,31(41)22-44-32(42)8-2)35(29,6)21-30(40)36(28,34)38/h7,10,12-13,15,17,20,23,28-30,40H,8-9,11,14,16,18-19,21-22H2,1-6H3/b10-7+,39-25+/t23-,28-,29-,30-,34-,35-,36-,37-/m0/s1. The number of ketones is 1. The van der Waals surface area contributed by atoms with E-state index in [1.54, 1.807) is 31.3 Å². The number of nitrogens with zero attached hydrogens (tertiary/aromatic N) is 1. The number of hydrogen-bond acceptors (Lipinski definition) is 9. The molecule has 8 nitrogen and oxygen atoms in total. The van der Waals surface area contributed by atoms with E-state index in [-0.39, 0.29) is 25.2 Å². The molecule has 1 N–H and O–H groups in total. The third-order valence-electron chi connectivity index (χ3n) is 11.4. The zero-order chi connectivity index (χ0) is 34.2. The van der Waals surface area contributed by atoms with E-state index < -0.39 is 64.4 Å². The summed E-state index contributed by atoms with van der Waals surface area (Å²) < 4.78 is 29.3. The minimum Gasteiger partial charge on any atom is -0.457 e. The van der Waals surface area contributed by atoms with Gasteiger partial charge >= 0.3 is 11.9 Å². The molecule has 0 aliphatic heterocycles. The Morgan fingerprint density at radius 3 is 2.60 bits per heavy atom. The van der Waals surface area contributed by atoms with Crippen molar-refractivity contribution in [1.29, 1.82) is 0 Å². The fourth-order valence-electron chi connectivity index (χ4n) is 9.12. The maximum atomic E-state index is 17.9. The van der Waals surface area contributed by atoms with Gasteiger partial charge in [-0.05, 0) is 75.8 Å². The molecule has 5 rings (SSSR count). The van der Waals surface area contributed by atoms with Gasteiger partial charge in [-0.1, -0.05) is 50.6 Å². The van der Waals surface area contributed by atoms with Gasteiger partial charge in [0.05, 0.1) is 6.10 Å². The Morgan fingerprint density at radius 2 is 1.89 bits per heavy atom. The third-order valence-corrected chi connectivity index (χ3v) is 12.6. The fraction of sp³-hybridized carbons (Fsp3) is 0.622. The lowest BCUT2D eigenvalue weighted by molar-refractivity contribution is -0.228. The Labute approximate surface area is 281 Å². The summed E-state index contributed by atoms with van der Waals surface area (Å²) in [6.07, 6.45) is 10.3. The molecule has 0 bridgehead atoms. The molecule has 4 aliphatic carbocycles. The predicted molar refractivity (Wildman–Crippen MR) is 179 cm³/mol. The van der Waals surface area contributed by atoms with Gasteiger partial charge in [0.15, 0.2) is 17.9 Å². The first-order chi connectivity index (χ1) is 22.3. The quantitative estimate of drug-likeness (QED) is 0.154. The van der Waals surface area contributed by atoms with E-state index in [0.717, 1.165) is 12.0 Å². The second kappa shape index (κ2) is 13.4. The minimum atomic E-state index is -2.03. The van der Waals surface area contributed by atoms with Crippen molar-refractivity contribution in [2.45, 2.75) is 104 Å². The highest BCUT2D eigenvalue weighted by Crippen LogP contribution is 2.71. The van der Waals surface area contributed by atoms with Crippen LogP contribution in [0.1, 0.15) is 89.8 Å². The Bertz CT molecular complexity index is 1510. The third kappa shape index (κ3) is 5.73. The number of fused-ring (bicyclic) bond motifs is 5. The van der Waals surface area contributed by atoms with Crippen molar-refractivity contribution in [2.75, 3.05) is 13.2 Å². The van der Waals surface area contributed by atoms with Gasteiger partial charge in [0, 0.05) is 51.7 Å². The summed E-state index contributed by atoms with van der Waals surface area (Å²) in [7, 11) is 0. The predicted octanol–water partition coefficient (Wildman–Crippen LogP) is 6.96. The zero-order valence-electron chi connectivity index (χ0n) is 28.3. The molecule has 1 aromatic heterocycles. The van der Waals surface area contributed by atoms with Gasteiger partial charge in [-0.15, -0.1) is 11.3 Å².